The van der Waals surface area contributed by atoms with Gasteiger partial charge in [-0.15, -0.1) is 0 Å². The molecule has 1 aliphatic rings. The van der Waals surface area contributed by atoms with Gasteiger partial charge in [0, 0.05) is 6.04 Å². The van der Waals surface area contributed by atoms with E-state index in [-0.39, 0.29) is 18.7 Å². The van der Waals surface area contributed by atoms with Crippen molar-refractivity contribution in [1.82, 2.24) is 4.90 Å². The predicted molar refractivity (Wildman–Crippen MR) is 66.1 cm³/mol. The average molecular weight is 258 g/mol. The number of aldehydes is 1. The summed E-state index contributed by atoms with van der Waals surface area (Å²) in [6.07, 6.45) is 4.52. The zero-order valence-electron chi connectivity index (χ0n) is 10.5. The Balaban J connectivity index is 2.28. The molecule has 0 spiro atoms. The number of hydrogen-bond acceptors (Lipinski definition) is 5. The van der Waals surface area contributed by atoms with Crippen molar-refractivity contribution in [3.63, 3.8) is 0 Å². The van der Waals surface area contributed by atoms with Crippen LogP contribution in [-0.2, 0) is 9.59 Å². The summed E-state index contributed by atoms with van der Waals surface area (Å²) in [5.41, 5.74) is 5.41. The minimum Gasteiger partial charge on any atom is -0.480 e. The quantitative estimate of drug-likeness (QED) is 0.404. The first-order valence-corrected chi connectivity index (χ1v) is 6.40. The second-order valence-electron chi connectivity index (χ2n) is 4.80. The summed E-state index contributed by atoms with van der Waals surface area (Å²) in [4.78, 5) is 23.4. The zero-order valence-corrected chi connectivity index (χ0v) is 10.5. The molecule has 0 amide bonds. The van der Waals surface area contributed by atoms with Crippen LogP contribution in [-0.4, -0.2) is 58.6 Å². The highest BCUT2D eigenvalue weighted by atomic mass is 16.4. The van der Waals surface area contributed by atoms with Gasteiger partial charge in [0.15, 0.2) is 0 Å². The summed E-state index contributed by atoms with van der Waals surface area (Å²) in [7, 11) is 0. The van der Waals surface area contributed by atoms with Crippen LogP contribution in [0.1, 0.15) is 32.1 Å². The van der Waals surface area contributed by atoms with Crippen LogP contribution < -0.4 is 5.73 Å². The van der Waals surface area contributed by atoms with Crippen LogP contribution in [0.25, 0.3) is 0 Å². The molecule has 1 saturated heterocycles. The smallest absolute Gasteiger partial charge is 0.320 e. The Bertz CT molecular complexity index is 285. The number of nitrogens with zero attached hydrogens (tertiary/aromatic N) is 1. The van der Waals surface area contributed by atoms with Gasteiger partial charge in [-0.3, -0.25) is 9.69 Å². The number of hydrogen-bond donors (Lipinski definition) is 3. The highest BCUT2D eigenvalue weighted by molar-refractivity contribution is 5.72. The summed E-state index contributed by atoms with van der Waals surface area (Å²) in [6.45, 7) is 0.778. The van der Waals surface area contributed by atoms with Crippen molar-refractivity contribution >= 4 is 12.3 Å². The minimum atomic E-state index is -0.977. The SMILES string of the molecule is N[C@@H](CCCCN1[C@@H](CO)CC[C@H]1C=O)C(=O)O. The van der Waals surface area contributed by atoms with Gasteiger partial charge in [0.1, 0.15) is 12.3 Å². The summed E-state index contributed by atoms with van der Waals surface area (Å²) < 4.78 is 0. The average Bonchev–Trinajstić information content (AvgIpc) is 2.76. The van der Waals surface area contributed by atoms with Crippen molar-refractivity contribution in [1.29, 1.82) is 0 Å². The van der Waals surface area contributed by atoms with Crippen LogP contribution in [0, 0.1) is 0 Å². The van der Waals surface area contributed by atoms with Gasteiger partial charge in [-0.25, -0.2) is 0 Å². The van der Waals surface area contributed by atoms with E-state index in [0.717, 1.165) is 25.5 Å². The van der Waals surface area contributed by atoms with Crippen LogP contribution >= 0.6 is 0 Å². The second-order valence-corrected chi connectivity index (χ2v) is 4.80. The van der Waals surface area contributed by atoms with E-state index in [1.807, 2.05) is 4.90 Å². The molecule has 0 bridgehead atoms. The maximum Gasteiger partial charge on any atom is 0.320 e. The molecule has 0 unspecified atom stereocenters. The van der Waals surface area contributed by atoms with Gasteiger partial charge in [0.2, 0.25) is 0 Å². The lowest BCUT2D eigenvalue weighted by Crippen LogP contribution is -2.39. The summed E-state index contributed by atoms with van der Waals surface area (Å²) in [6, 6.07) is -0.845. The Kier molecular flexibility index (Phi) is 6.24. The molecule has 1 aliphatic heterocycles. The first-order chi connectivity index (χ1) is 8.60. The molecule has 0 radical (unpaired) electrons. The third kappa shape index (κ3) is 4.04. The number of carboxylic acid groups (broad SMARTS) is 1. The van der Waals surface area contributed by atoms with E-state index in [9.17, 15) is 14.7 Å². The fourth-order valence-electron chi connectivity index (χ4n) is 2.44. The lowest BCUT2D eigenvalue weighted by Gasteiger charge is -2.26. The van der Waals surface area contributed by atoms with Crippen LogP contribution in [0.2, 0.25) is 0 Å². The van der Waals surface area contributed by atoms with E-state index < -0.39 is 12.0 Å². The minimum absolute atomic E-state index is 0.0633. The highest BCUT2D eigenvalue weighted by Gasteiger charge is 2.31. The molecule has 1 fully saturated rings. The van der Waals surface area contributed by atoms with Gasteiger partial charge in [-0.05, 0) is 32.2 Å². The number of unbranched alkanes of at least 4 members (excludes halogenated alkanes) is 1. The molecule has 0 aromatic heterocycles. The van der Waals surface area contributed by atoms with Crippen molar-refractivity contribution in [3.8, 4) is 0 Å². The zero-order chi connectivity index (χ0) is 13.5. The second kappa shape index (κ2) is 7.45. The number of rotatable bonds is 8. The van der Waals surface area contributed by atoms with E-state index in [1.165, 1.54) is 0 Å². The number of nitrogens with two attached hydrogens (primary N) is 1. The van der Waals surface area contributed by atoms with Crippen molar-refractivity contribution in [2.75, 3.05) is 13.2 Å². The first-order valence-electron chi connectivity index (χ1n) is 6.40. The number of carbonyl (C=O) groups is 2. The van der Waals surface area contributed by atoms with Gasteiger partial charge >= 0.3 is 5.97 Å². The number of carboxylic acids is 1. The van der Waals surface area contributed by atoms with Crippen molar-refractivity contribution in [3.05, 3.63) is 0 Å². The van der Waals surface area contributed by atoms with Gasteiger partial charge < -0.3 is 20.7 Å². The normalized spacial score (nSPS) is 26.1. The molecule has 1 rings (SSSR count). The monoisotopic (exact) mass is 258 g/mol. The van der Waals surface area contributed by atoms with E-state index in [0.29, 0.717) is 19.4 Å². The number of carbonyl (C=O) groups excluding carboxylic acids is 1. The summed E-state index contributed by atoms with van der Waals surface area (Å²) >= 11 is 0. The molecule has 104 valence electrons. The summed E-state index contributed by atoms with van der Waals surface area (Å²) in [5, 5.41) is 17.9. The molecule has 0 saturated carbocycles. The lowest BCUT2D eigenvalue weighted by atomic mass is 10.1. The van der Waals surface area contributed by atoms with E-state index in [2.05, 4.69) is 0 Å². The molecular weight excluding hydrogens is 236 g/mol. The Morgan fingerprint density at radius 1 is 1.44 bits per heavy atom. The molecule has 6 heteroatoms. The highest BCUT2D eigenvalue weighted by Crippen LogP contribution is 2.23. The molecule has 0 aromatic rings. The molecule has 1 heterocycles. The molecule has 0 aromatic carbocycles. The maximum atomic E-state index is 10.9. The van der Waals surface area contributed by atoms with Gasteiger partial charge in [0.25, 0.3) is 0 Å². The predicted octanol–water partition coefficient (Wildman–Crippen LogP) is -0.407. The molecule has 3 atom stereocenters. The Morgan fingerprint density at radius 3 is 2.72 bits per heavy atom. The van der Waals surface area contributed by atoms with E-state index >= 15 is 0 Å². The molecule has 6 nitrogen and oxygen atoms in total. The Morgan fingerprint density at radius 2 is 2.17 bits per heavy atom. The Hall–Kier alpha value is -0.980. The van der Waals surface area contributed by atoms with Crippen LogP contribution in [0.5, 0.6) is 0 Å². The molecule has 4 N–H and O–H groups in total. The van der Waals surface area contributed by atoms with Gasteiger partial charge in [0.05, 0.1) is 12.6 Å². The van der Waals surface area contributed by atoms with Crippen molar-refractivity contribution < 1.29 is 19.8 Å². The summed E-state index contributed by atoms with van der Waals surface area (Å²) in [5.74, 6) is -0.977. The standard InChI is InChI=1S/C12H22N2O4/c13-11(12(17)18)3-1-2-6-14-9(7-15)4-5-10(14)8-16/h7,9-11,16H,1-6,8,13H2,(H,17,18)/t9-,10+,11-/m0/s1. The van der Waals surface area contributed by atoms with Gasteiger partial charge in [-0.1, -0.05) is 6.42 Å². The molecule has 18 heavy (non-hydrogen) atoms. The number of aliphatic carboxylic acids is 1. The fourth-order valence-corrected chi connectivity index (χ4v) is 2.44. The van der Waals surface area contributed by atoms with Crippen LogP contribution in [0.3, 0.4) is 0 Å². The topological polar surface area (TPSA) is 104 Å². The number of aliphatic hydroxyl groups is 1. The van der Waals surface area contributed by atoms with Crippen molar-refractivity contribution in [2.24, 2.45) is 5.73 Å². The maximum absolute atomic E-state index is 10.9. The lowest BCUT2D eigenvalue weighted by molar-refractivity contribution is -0.138. The van der Waals surface area contributed by atoms with Gasteiger partial charge in [-0.2, -0.15) is 0 Å². The number of likely N-dealkylation sites (tertiary alicyclic amines) is 1. The fraction of sp³-hybridized carbons (Fsp3) is 0.833. The third-order valence-corrected chi connectivity index (χ3v) is 3.56. The number of aliphatic hydroxyl groups excluding tert-OH is 1. The molecule has 0 aliphatic carbocycles. The van der Waals surface area contributed by atoms with Crippen LogP contribution in [0.4, 0.5) is 0 Å². The third-order valence-electron chi connectivity index (χ3n) is 3.56. The van der Waals surface area contributed by atoms with Crippen molar-refractivity contribution in [2.45, 2.75) is 50.2 Å². The largest absolute Gasteiger partial charge is 0.480 e. The Labute approximate surface area is 107 Å². The molecular formula is C12H22N2O4. The first kappa shape index (κ1) is 15.1. The van der Waals surface area contributed by atoms with Crippen LogP contribution in [0.15, 0.2) is 0 Å². The van der Waals surface area contributed by atoms with E-state index in [1.54, 1.807) is 0 Å². The van der Waals surface area contributed by atoms with E-state index in [4.69, 9.17) is 10.8 Å².